The van der Waals surface area contributed by atoms with Gasteiger partial charge in [-0.1, -0.05) is 53.4 Å². The number of rotatable bonds is 5. The molecule has 3 heterocycles. The quantitative estimate of drug-likeness (QED) is 0.493. The number of carbonyl (C=O) groups is 1. The summed E-state index contributed by atoms with van der Waals surface area (Å²) in [5.41, 5.74) is 0.978. The summed E-state index contributed by atoms with van der Waals surface area (Å²) in [7, 11) is 0. The number of H-pyrrole nitrogens is 1. The fourth-order valence-electron chi connectivity index (χ4n) is 2.33. The fraction of sp³-hybridized carbons (Fsp3) is 0.125. The number of carbonyl (C=O) groups excluding carboxylic acids is 1. The van der Waals surface area contributed by atoms with Crippen molar-refractivity contribution in [3.8, 4) is 11.4 Å². The van der Waals surface area contributed by atoms with Gasteiger partial charge in [-0.2, -0.15) is 0 Å². The van der Waals surface area contributed by atoms with Crippen LogP contribution >= 0.6 is 23.1 Å². The van der Waals surface area contributed by atoms with Gasteiger partial charge in [0, 0.05) is 11.6 Å². The Morgan fingerprint density at radius 2 is 2.07 bits per heavy atom. The summed E-state index contributed by atoms with van der Waals surface area (Å²) < 4.78 is 1.47. The van der Waals surface area contributed by atoms with Gasteiger partial charge in [-0.15, -0.1) is 10.2 Å². The van der Waals surface area contributed by atoms with Gasteiger partial charge in [-0.3, -0.25) is 20.0 Å². The number of nitrogens with zero attached hydrogens (tertiary/aromatic N) is 5. The van der Waals surface area contributed by atoms with E-state index >= 15 is 0 Å². The second-order valence-corrected chi connectivity index (χ2v) is 7.60. The Labute approximate surface area is 160 Å². The molecule has 0 aliphatic carbocycles. The maximum atomic E-state index is 12.2. The zero-order valence-electron chi connectivity index (χ0n) is 14.0. The number of aromatic amines is 1. The SMILES string of the molecule is Cc1nnc(NC(=O)CSc2nc(-c3ccccc3)nc3cc(=O)[nH]n23)s1. The van der Waals surface area contributed by atoms with Crippen molar-refractivity contribution in [2.45, 2.75) is 12.1 Å². The Morgan fingerprint density at radius 1 is 1.26 bits per heavy atom. The van der Waals surface area contributed by atoms with Crippen LogP contribution < -0.4 is 10.9 Å². The van der Waals surface area contributed by atoms with Crippen LogP contribution in [0.2, 0.25) is 0 Å². The third kappa shape index (κ3) is 3.88. The maximum Gasteiger partial charge on any atom is 0.266 e. The highest BCUT2D eigenvalue weighted by Crippen LogP contribution is 2.22. The summed E-state index contributed by atoms with van der Waals surface area (Å²) in [6.45, 7) is 1.81. The second kappa shape index (κ2) is 7.29. The average molecular weight is 399 g/mol. The molecule has 0 unspecified atom stereocenters. The first-order chi connectivity index (χ1) is 13.1. The molecule has 0 atom stereocenters. The summed E-state index contributed by atoms with van der Waals surface area (Å²) in [4.78, 5) is 32.8. The summed E-state index contributed by atoms with van der Waals surface area (Å²) in [5, 5.41) is 14.7. The molecule has 11 heteroatoms. The van der Waals surface area contributed by atoms with Crippen LogP contribution in [-0.2, 0) is 4.79 Å². The Kier molecular flexibility index (Phi) is 4.69. The fourth-order valence-corrected chi connectivity index (χ4v) is 3.69. The van der Waals surface area contributed by atoms with E-state index in [2.05, 4.69) is 30.6 Å². The number of thioether (sulfide) groups is 1. The average Bonchev–Trinajstić information content (AvgIpc) is 3.24. The third-order valence-electron chi connectivity index (χ3n) is 3.46. The predicted octanol–water partition coefficient (Wildman–Crippen LogP) is 1.98. The lowest BCUT2D eigenvalue weighted by atomic mass is 10.2. The monoisotopic (exact) mass is 399 g/mol. The minimum atomic E-state index is -0.287. The number of aromatic nitrogens is 6. The first-order valence-corrected chi connectivity index (χ1v) is 9.67. The van der Waals surface area contributed by atoms with Crippen LogP contribution in [0.15, 0.2) is 46.3 Å². The zero-order valence-corrected chi connectivity index (χ0v) is 15.7. The lowest BCUT2D eigenvalue weighted by Gasteiger charge is -2.07. The summed E-state index contributed by atoms with van der Waals surface area (Å²) in [6, 6.07) is 10.8. The Morgan fingerprint density at radius 3 is 2.81 bits per heavy atom. The Bertz CT molecular complexity index is 1170. The molecular formula is C16H13N7O2S2. The number of amides is 1. The number of hydrogen-bond donors (Lipinski definition) is 2. The second-order valence-electron chi connectivity index (χ2n) is 5.47. The number of benzene rings is 1. The minimum Gasteiger partial charge on any atom is -0.300 e. The molecule has 2 N–H and O–H groups in total. The summed E-state index contributed by atoms with van der Waals surface area (Å²) >= 11 is 2.49. The molecule has 0 radical (unpaired) electrons. The maximum absolute atomic E-state index is 12.2. The van der Waals surface area contributed by atoms with Crippen LogP contribution in [0.25, 0.3) is 17.0 Å². The van der Waals surface area contributed by atoms with Crippen molar-refractivity contribution in [2.24, 2.45) is 0 Å². The van der Waals surface area contributed by atoms with Crippen LogP contribution in [0.4, 0.5) is 5.13 Å². The van der Waals surface area contributed by atoms with Crippen LogP contribution in [-0.4, -0.2) is 41.4 Å². The number of anilines is 1. The van der Waals surface area contributed by atoms with E-state index in [1.807, 2.05) is 37.3 Å². The first-order valence-electron chi connectivity index (χ1n) is 7.86. The van der Waals surface area contributed by atoms with Gasteiger partial charge in [0.15, 0.2) is 16.6 Å². The molecule has 0 fully saturated rings. The van der Waals surface area contributed by atoms with Gasteiger partial charge in [0.05, 0.1) is 5.75 Å². The third-order valence-corrected chi connectivity index (χ3v) is 5.15. The van der Waals surface area contributed by atoms with Gasteiger partial charge in [-0.05, 0) is 6.92 Å². The van der Waals surface area contributed by atoms with E-state index in [0.29, 0.717) is 21.8 Å². The van der Waals surface area contributed by atoms with Crippen molar-refractivity contribution in [3.05, 3.63) is 51.8 Å². The first kappa shape index (κ1) is 17.4. The smallest absolute Gasteiger partial charge is 0.266 e. The molecule has 27 heavy (non-hydrogen) atoms. The molecule has 0 saturated carbocycles. The molecule has 9 nitrogen and oxygen atoms in total. The van der Waals surface area contributed by atoms with E-state index in [-0.39, 0.29) is 17.2 Å². The van der Waals surface area contributed by atoms with Crippen molar-refractivity contribution in [2.75, 3.05) is 11.1 Å². The summed E-state index contributed by atoms with van der Waals surface area (Å²) in [5.74, 6) is 0.343. The van der Waals surface area contributed by atoms with Crippen molar-refractivity contribution < 1.29 is 4.79 Å². The molecule has 0 bridgehead atoms. The highest BCUT2D eigenvalue weighted by Gasteiger charge is 2.14. The van der Waals surface area contributed by atoms with Gasteiger partial charge >= 0.3 is 0 Å². The molecule has 0 aliphatic rings. The molecule has 4 rings (SSSR count). The van der Waals surface area contributed by atoms with Crippen molar-refractivity contribution in [1.29, 1.82) is 0 Å². The highest BCUT2D eigenvalue weighted by atomic mass is 32.2. The molecule has 3 aromatic heterocycles. The van der Waals surface area contributed by atoms with Gasteiger partial charge in [-0.25, -0.2) is 14.5 Å². The van der Waals surface area contributed by atoms with Crippen molar-refractivity contribution in [1.82, 2.24) is 29.8 Å². The van der Waals surface area contributed by atoms with E-state index in [4.69, 9.17) is 0 Å². The van der Waals surface area contributed by atoms with E-state index in [1.54, 1.807) is 0 Å². The van der Waals surface area contributed by atoms with Gasteiger partial charge < -0.3 is 0 Å². The Hall–Kier alpha value is -3.05. The molecule has 1 aromatic carbocycles. The van der Waals surface area contributed by atoms with Crippen LogP contribution in [0, 0.1) is 6.92 Å². The molecule has 1 amide bonds. The lowest BCUT2D eigenvalue weighted by Crippen LogP contribution is -2.15. The Balaban J connectivity index is 1.60. The van der Waals surface area contributed by atoms with Gasteiger partial charge in [0.1, 0.15) is 5.01 Å². The van der Waals surface area contributed by atoms with E-state index in [1.165, 1.54) is 33.7 Å². The van der Waals surface area contributed by atoms with E-state index < -0.39 is 0 Å². The standard InChI is InChI=1S/C16H13N7O2S2/c1-9-20-21-15(27-9)18-13(25)8-26-16-19-14(10-5-3-2-4-6-10)17-11-7-12(24)22-23(11)16/h2-7H,8H2,1H3,(H,22,24)(H,18,21,25). The number of fused-ring (bicyclic) bond motifs is 1. The number of aryl methyl sites for hydroxylation is 1. The minimum absolute atomic E-state index is 0.0964. The van der Waals surface area contributed by atoms with Crippen LogP contribution in [0.5, 0.6) is 0 Å². The molecule has 136 valence electrons. The van der Waals surface area contributed by atoms with Gasteiger partial charge in [0.2, 0.25) is 11.0 Å². The van der Waals surface area contributed by atoms with Crippen LogP contribution in [0.3, 0.4) is 0 Å². The zero-order chi connectivity index (χ0) is 18.8. The van der Waals surface area contributed by atoms with E-state index in [9.17, 15) is 9.59 Å². The number of nitrogens with one attached hydrogen (secondary N) is 2. The molecule has 0 saturated heterocycles. The molecule has 0 aliphatic heterocycles. The summed E-state index contributed by atoms with van der Waals surface area (Å²) in [6.07, 6.45) is 0. The van der Waals surface area contributed by atoms with Gasteiger partial charge in [0.25, 0.3) is 5.56 Å². The van der Waals surface area contributed by atoms with E-state index in [0.717, 1.165) is 10.6 Å². The lowest BCUT2D eigenvalue weighted by molar-refractivity contribution is -0.113. The van der Waals surface area contributed by atoms with Crippen LogP contribution in [0.1, 0.15) is 5.01 Å². The highest BCUT2D eigenvalue weighted by molar-refractivity contribution is 7.99. The van der Waals surface area contributed by atoms with Crippen molar-refractivity contribution >= 4 is 39.8 Å². The normalized spacial score (nSPS) is 11.0. The predicted molar refractivity (Wildman–Crippen MR) is 103 cm³/mol. The molecule has 4 aromatic rings. The topological polar surface area (TPSA) is 118 Å². The number of hydrogen-bond acceptors (Lipinski definition) is 8. The molecular weight excluding hydrogens is 386 g/mol. The molecule has 0 spiro atoms. The largest absolute Gasteiger partial charge is 0.300 e. The van der Waals surface area contributed by atoms with Crippen molar-refractivity contribution in [3.63, 3.8) is 0 Å².